The van der Waals surface area contributed by atoms with Gasteiger partial charge in [0.05, 0.1) is 49.0 Å². The highest BCUT2D eigenvalue weighted by Crippen LogP contribution is 2.17. The lowest BCUT2D eigenvalue weighted by atomic mass is 10.1. The Hall–Kier alpha value is -5.25. The summed E-state index contributed by atoms with van der Waals surface area (Å²) in [7, 11) is 0. The predicted molar refractivity (Wildman–Crippen MR) is 221 cm³/mol. The fraction of sp³-hybridized carbons (Fsp3) is 0.419. The number of amides is 3. The second kappa shape index (κ2) is 21.3. The fourth-order valence-electron chi connectivity index (χ4n) is 7.35. The number of aromatic nitrogens is 2. The van der Waals surface area contributed by atoms with Gasteiger partial charge < -0.3 is 31.9 Å². The Morgan fingerprint density at radius 2 is 1.25 bits per heavy atom. The van der Waals surface area contributed by atoms with Gasteiger partial charge in [-0.25, -0.2) is 0 Å². The van der Waals surface area contributed by atoms with Gasteiger partial charge in [0, 0.05) is 89.8 Å². The number of hydrogen-bond acceptors (Lipinski definition) is 11. The highest BCUT2D eigenvalue weighted by molar-refractivity contribution is 5.94. The van der Waals surface area contributed by atoms with Gasteiger partial charge in [0.15, 0.2) is 0 Å². The van der Waals surface area contributed by atoms with Gasteiger partial charge in [0.2, 0.25) is 11.8 Å². The zero-order valence-electron chi connectivity index (χ0n) is 32.9. The van der Waals surface area contributed by atoms with Crippen LogP contribution in [-0.4, -0.2) is 131 Å². The number of nitrogens with two attached hydrogens (primary N) is 2. The molecule has 4 heterocycles. The van der Waals surface area contributed by atoms with E-state index in [0.29, 0.717) is 76.7 Å². The van der Waals surface area contributed by atoms with Crippen LogP contribution in [0.4, 0.5) is 5.69 Å². The van der Waals surface area contributed by atoms with Crippen LogP contribution >= 0.6 is 0 Å². The Bertz CT molecular complexity index is 1910. The van der Waals surface area contributed by atoms with Crippen molar-refractivity contribution in [1.82, 2.24) is 45.1 Å². The molecule has 0 radical (unpaired) electrons. The number of hydrogen-bond donors (Lipinski definition) is 4. The summed E-state index contributed by atoms with van der Waals surface area (Å²) in [5, 5.41) is 6.25. The third-order valence-corrected chi connectivity index (χ3v) is 10.2. The van der Waals surface area contributed by atoms with Crippen LogP contribution in [0.3, 0.4) is 0 Å². The Morgan fingerprint density at radius 3 is 1.89 bits per heavy atom. The number of pyridine rings is 2. The second-order valence-electron chi connectivity index (χ2n) is 14.8. The number of rotatable bonds is 9. The zero-order valence-corrected chi connectivity index (χ0v) is 32.9. The Kier molecular flexibility index (Phi) is 15.5. The number of nitrogens with zero attached hydrogens (tertiary/aromatic N) is 7. The van der Waals surface area contributed by atoms with Gasteiger partial charge in [-0.3, -0.25) is 39.1 Å². The quantitative estimate of drug-likeness (QED) is 0.184. The highest BCUT2D eigenvalue weighted by atomic mass is 16.2. The minimum absolute atomic E-state index is 0.0923. The number of carbonyl (C=O) groups excluding carboxylic acids is 3. The normalized spacial score (nSPS) is 16.9. The minimum Gasteiger partial charge on any atom is -0.399 e. The molecule has 2 aliphatic rings. The number of fused-ring (bicyclic) bond motifs is 4. The third-order valence-electron chi connectivity index (χ3n) is 10.2. The summed E-state index contributed by atoms with van der Waals surface area (Å²) >= 11 is 0. The molecule has 2 aromatic heterocycles. The molecule has 302 valence electrons. The Labute approximate surface area is 336 Å². The molecule has 1 saturated heterocycles. The van der Waals surface area contributed by atoms with E-state index in [1.165, 1.54) is 0 Å². The standard InChI is InChI=1S/C43H57N11O3/c44-16-17-47-41(55)32-51-21-7-20-50(27-34-8-4-11-36(45)26-34)24-25-52(33-42(56)53-22-18-46-19-23-53)29-38-13-6-15-40(49-38)31-54(43(57)35-9-2-1-3-10-35)30-39-14-5-12-37(28-51)48-39/h1-6,8-15,26,46H,7,16-25,27-33,44-45H2,(H,47,55). The van der Waals surface area contributed by atoms with Gasteiger partial charge in [0.1, 0.15) is 0 Å². The maximum absolute atomic E-state index is 14.1. The van der Waals surface area contributed by atoms with E-state index >= 15 is 0 Å². The average molecular weight is 776 g/mol. The molecule has 57 heavy (non-hydrogen) atoms. The molecular weight excluding hydrogens is 719 g/mol. The molecule has 0 spiro atoms. The van der Waals surface area contributed by atoms with Crippen LogP contribution in [0.1, 0.15) is 45.1 Å². The van der Waals surface area contributed by atoms with E-state index in [9.17, 15) is 14.4 Å². The van der Waals surface area contributed by atoms with Gasteiger partial charge in [0.25, 0.3) is 5.91 Å². The van der Waals surface area contributed by atoms with Gasteiger partial charge in [-0.2, -0.15) is 0 Å². The summed E-state index contributed by atoms with van der Waals surface area (Å²) in [5.41, 5.74) is 17.4. The van der Waals surface area contributed by atoms with Crippen molar-refractivity contribution in [3.8, 4) is 0 Å². The van der Waals surface area contributed by atoms with Crippen molar-refractivity contribution < 1.29 is 14.4 Å². The summed E-state index contributed by atoms with van der Waals surface area (Å²) in [6, 6.07) is 29.0. The number of carbonyl (C=O) groups is 3. The van der Waals surface area contributed by atoms with Crippen LogP contribution < -0.4 is 22.1 Å². The molecule has 2 aliphatic heterocycles. The Morgan fingerprint density at radius 1 is 0.649 bits per heavy atom. The van der Waals surface area contributed by atoms with E-state index in [1.807, 2.05) is 89.8 Å². The van der Waals surface area contributed by atoms with E-state index in [1.54, 1.807) is 4.90 Å². The first-order chi connectivity index (χ1) is 27.8. The van der Waals surface area contributed by atoms with Gasteiger partial charge in [-0.05, 0) is 67.1 Å². The van der Waals surface area contributed by atoms with Gasteiger partial charge >= 0.3 is 0 Å². The highest BCUT2D eigenvalue weighted by Gasteiger charge is 2.23. The molecule has 0 aliphatic carbocycles. The Balaban J connectivity index is 1.32. The van der Waals surface area contributed by atoms with Crippen LogP contribution in [0.5, 0.6) is 0 Å². The summed E-state index contributed by atoms with van der Waals surface area (Å²) in [4.78, 5) is 61.3. The maximum Gasteiger partial charge on any atom is 0.254 e. The SMILES string of the molecule is NCCNC(=O)CN1CCCN(Cc2cccc(N)c2)CCN(CC(=O)N2CCNCC2)Cc2cccc(n2)CN(C(=O)c2ccccc2)Cc2cccc(n2)C1. The fourth-order valence-corrected chi connectivity index (χ4v) is 7.35. The monoisotopic (exact) mass is 775 g/mol. The van der Waals surface area contributed by atoms with E-state index in [0.717, 1.165) is 54.4 Å². The zero-order chi connectivity index (χ0) is 39.8. The first kappa shape index (κ1) is 41.4. The summed E-state index contributed by atoms with van der Waals surface area (Å²) in [5.74, 6) is -0.112. The maximum atomic E-state index is 14.1. The lowest BCUT2D eigenvalue weighted by Gasteiger charge is -2.32. The largest absolute Gasteiger partial charge is 0.399 e. The number of benzene rings is 2. The van der Waals surface area contributed by atoms with Gasteiger partial charge in [-0.1, -0.05) is 42.5 Å². The van der Waals surface area contributed by atoms with E-state index in [-0.39, 0.29) is 43.9 Å². The molecule has 1 fully saturated rings. The molecule has 0 unspecified atom stereocenters. The summed E-state index contributed by atoms with van der Waals surface area (Å²) < 4.78 is 0. The molecule has 6 rings (SSSR count). The number of piperazine rings is 1. The molecule has 3 amide bonds. The molecule has 4 bridgehead atoms. The lowest BCUT2D eigenvalue weighted by Crippen LogP contribution is -2.50. The van der Waals surface area contributed by atoms with Gasteiger partial charge in [-0.15, -0.1) is 0 Å². The first-order valence-corrected chi connectivity index (χ1v) is 20.0. The molecule has 2 aromatic carbocycles. The average Bonchev–Trinajstić information content (AvgIpc) is 3.22. The van der Waals surface area contributed by atoms with E-state index in [2.05, 4.69) is 31.4 Å². The predicted octanol–water partition coefficient (Wildman–Crippen LogP) is 1.92. The number of anilines is 1. The van der Waals surface area contributed by atoms with E-state index < -0.39 is 0 Å². The molecule has 4 aromatic rings. The second-order valence-corrected chi connectivity index (χ2v) is 14.8. The van der Waals surface area contributed by atoms with Crippen molar-refractivity contribution >= 4 is 23.4 Å². The summed E-state index contributed by atoms with van der Waals surface area (Å²) in [6.45, 7) is 9.07. The van der Waals surface area contributed by atoms with Crippen LogP contribution in [0.25, 0.3) is 0 Å². The molecule has 14 heteroatoms. The molecule has 0 saturated carbocycles. The lowest BCUT2D eigenvalue weighted by molar-refractivity contribution is -0.133. The van der Waals surface area contributed by atoms with Crippen molar-refractivity contribution in [1.29, 1.82) is 0 Å². The number of nitrogens with one attached hydrogen (secondary N) is 2. The van der Waals surface area contributed by atoms with Crippen molar-refractivity contribution in [2.45, 2.75) is 39.1 Å². The van der Waals surface area contributed by atoms with Crippen LogP contribution in [-0.2, 0) is 42.3 Å². The number of nitrogen functional groups attached to an aromatic ring is 1. The molecule has 14 nitrogen and oxygen atoms in total. The third kappa shape index (κ3) is 13.2. The van der Waals surface area contributed by atoms with Crippen molar-refractivity contribution in [3.05, 3.63) is 125 Å². The van der Waals surface area contributed by atoms with Crippen molar-refractivity contribution in [2.24, 2.45) is 5.73 Å². The summed E-state index contributed by atoms with van der Waals surface area (Å²) in [6.07, 6.45) is 0.787. The van der Waals surface area contributed by atoms with E-state index in [4.69, 9.17) is 21.4 Å². The molecular formula is C43H57N11O3. The van der Waals surface area contributed by atoms with Crippen LogP contribution in [0.2, 0.25) is 0 Å². The topological polar surface area (TPSA) is 169 Å². The molecule has 0 atom stereocenters. The first-order valence-electron chi connectivity index (χ1n) is 20.0. The van der Waals surface area contributed by atoms with Crippen LogP contribution in [0, 0.1) is 0 Å². The molecule has 6 N–H and O–H groups in total. The van der Waals surface area contributed by atoms with Crippen molar-refractivity contribution in [3.63, 3.8) is 0 Å². The minimum atomic E-state index is -0.123. The van der Waals surface area contributed by atoms with Crippen LogP contribution in [0.15, 0.2) is 91.0 Å². The smallest absolute Gasteiger partial charge is 0.254 e. The van der Waals surface area contributed by atoms with Crippen molar-refractivity contribution in [2.75, 3.05) is 84.3 Å².